The summed E-state index contributed by atoms with van der Waals surface area (Å²) in [6.45, 7) is 13.2. The summed E-state index contributed by atoms with van der Waals surface area (Å²) in [5.41, 5.74) is 9.61. The fourth-order valence-electron chi connectivity index (χ4n) is 2.89. The summed E-state index contributed by atoms with van der Waals surface area (Å²) in [6, 6.07) is 11.9. The number of aryl methyl sites for hydroxylation is 3. The van der Waals surface area contributed by atoms with Crippen molar-refractivity contribution in [3.8, 4) is 0 Å². The van der Waals surface area contributed by atoms with Crippen LogP contribution in [0.4, 0.5) is 13.2 Å². The van der Waals surface area contributed by atoms with Gasteiger partial charge in [0.05, 0.1) is 5.56 Å². The maximum absolute atomic E-state index is 12.0. The Morgan fingerprint density at radius 2 is 1.73 bits per heavy atom. The van der Waals surface area contributed by atoms with Crippen LogP contribution in [-0.2, 0) is 22.2 Å². The number of hydrogen-bond acceptors (Lipinski definition) is 2. The normalized spacial score (nSPS) is 11.3. The van der Waals surface area contributed by atoms with Crippen LogP contribution in [-0.4, -0.2) is 13.1 Å². The number of rotatable bonds is 3. The van der Waals surface area contributed by atoms with Crippen LogP contribution in [0.15, 0.2) is 84.1 Å². The quantitative estimate of drug-likeness (QED) is 0.344. The van der Waals surface area contributed by atoms with Crippen molar-refractivity contribution in [2.45, 2.75) is 46.7 Å². The summed E-state index contributed by atoms with van der Waals surface area (Å²) in [5, 5.41) is 0. The predicted molar refractivity (Wildman–Crippen MR) is 133 cm³/mol. The van der Waals surface area contributed by atoms with Gasteiger partial charge in [0.25, 0.3) is 0 Å². The number of halogens is 3. The molecule has 0 saturated carbocycles. The van der Waals surface area contributed by atoms with Crippen molar-refractivity contribution in [1.29, 1.82) is 0 Å². The van der Waals surface area contributed by atoms with Crippen LogP contribution < -0.4 is 0 Å². The molecule has 180 valence electrons. The van der Waals surface area contributed by atoms with Gasteiger partial charge in [-0.3, -0.25) is 0 Å². The molecule has 0 bridgehead atoms. The Morgan fingerprint density at radius 1 is 1.09 bits per heavy atom. The Labute approximate surface area is 197 Å². The van der Waals surface area contributed by atoms with Gasteiger partial charge >= 0.3 is 6.18 Å². The third-order valence-electron chi connectivity index (χ3n) is 4.63. The predicted octanol–water partition coefficient (Wildman–Crippen LogP) is 7.97. The van der Waals surface area contributed by atoms with Crippen molar-refractivity contribution in [2.75, 3.05) is 0 Å². The first-order valence-electron chi connectivity index (χ1n) is 10.3. The van der Waals surface area contributed by atoms with Crippen LogP contribution in [0.1, 0.15) is 44.0 Å². The lowest BCUT2D eigenvalue weighted by Crippen LogP contribution is -2.04. The first-order chi connectivity index (χ1) is 15.6. The largest absolute Gasteiger partial charge is 0.416 e. The van der Waals surface area contributed by atoms with E-state index in [9.17, 15) is 13.2 Å². The van der Waals surface area contributed by atoms with Crippen LogP contribution >= 0.6 is 0 Å². The summed E-state index contributed by atoms with van der Waals surface area (Å²) in [5.74, 6) is 0. The maximum atomic E-state index is 12.0. The van der Waals surface area contributed by atoms with Gasteiger partial charge in [0.1, 0.15) is 13.1 Å². The average molecular weight is 461 g/mol. The second-order valence-electron chi connectivity index (χ2n) is 7.15. The van der Waals surface area contributed by atoms with Crippen LogP contribution in [0.3, 0.4) is 0 Å². The lowest BCUT2D eigenvalue weighted by Gasteiger charge is -2.07. The fraction of sp³-hybridized carbons (Fsp3) is 0.250. The molecule has 3 rings (SSSR count). The third-order valence-corrected chi connectivity index (χ3v) is 4.63. The molecule has 0 atom stereocenters. The average Bonchev–Trinajstić information content (AvgIpc) is 3.31. The number of carbonyl (C=O) groups excluding carboxylic acids is 2. The van der Waals surface area contributed by atoms with Gasteiger partial charge in [0, 0.05) is 14.8 Å². The van der Waals surface area contributed by atoms with Crippen molar-refractivity contribution in [3.63, 3.8) is 0 Å². The molecule has 0 spiro atoms. The van der Waals surface area contributed by atoms with Crippen LogP contribution in [0.5, 0.6) is 0 Å². The molecule has 0 unspecified atom stereocenters. The standard InChI is InChI=1S/C17H18.C8H7F3.C2H4O.CH2O.2H2/c1-4-16(17-7-5-6-8-17)12-15-10-9-13(2)14(3)11-15;1-6-3-2-4-7(5-6)8(9,10)11;1-2-3;1-2;;/h5,7-11H,1,6,12H2,2-3H3;2-5H,1H3;2H,1H3;1H2;2*1H. The molecule has 33 heavy (non-hydrogen) atoms. The molecule has 0 fully saturated rings. The highest BCUT2D eigenvalue weighted by molar-refractivity contribution is 5.46. The zero-order valence-corrected chi connectivity index (χ0v) is 19.6. The molecular formula is C28H35F3O2. The van der Waals surface area contributed by atoms with E-state index in [0.29, 0.717) is 5.56 Å². The smallest absolute Gasteiger partial charge is 0.307 e. The van der Waals surface area contributed by atoms with E-state index in [1.165, 1.54) is 40.8 Å². The fourth-order valence-corrected chi connectivity index (χ4v) is 2.89. The van der Waals surface area contributed by atoms with E-state index in [-0.39, 0.29) is 2.85 Å². The first-order valence-corrected chi connectivity index (χ1v) is 10.3. The van der Waals surface area contributed by atoms with Gasteiger partial charge in [-0.05, 0) is 62.4 Å². The van der Waals surface area contributed by atoms with Crippen LogP contribution in [0, 0.1) is 20.8 Å². The SMILES string of the molecule is C=C=C(Cc1ccc(C)c(C)c1)C1=CCC=C1.C=O.CC=O.Cc1cccc(C(F)(F)F)c1.[HH].[HH]. The number of benzene rings is 2. The molecule has 1 aliphatic rings. The molecule has 0 aromatic heterocycles. The first kappa shape index (κ1) is 29.6. The van der Waals surface area contributed by atoms with Gasteiger partial charge in [0.15, 0.2) is 0 Å². The maximum Gasteiger partial charge on any atom is 0.416 e. The van der Waals surface area contributed by atoms with E-state index in [4.69, 9.17) is 9.59 Å². The highest BCUT2D eigenvalue weighted by Crippen LogP contribution is 2.29. The molecule has 1 aliphatic carbocycles. The zero-order chi connectivity index (χ0) is 25.4. The van der Waals surface area contributed by atoms with Gasteiger partial charge in [0.2, 0.25) is 0 Å². The molecule has 0 heterocycles. The minimum atomic E-state index is -4.22. The number of hydrogen-bond donors (Lipinski definition) is 0. The summed E-state index contributed by atoms with van der Waals surface area (Å²) < 4.78 is 35.9. The zero-order valence-electron chi connectivity index (χ0n) is 19.6. The molecule has 2 aromatic carbocycles. The second-order valence-corrected chi connectivity index (χ2v) is 7.15. The van der Waals surface area contributed by atoms with E-state index in [1.54, 1.807) is 13.0 Å². The third kappa shape index (κ3) is 11.1. The number of allylic oxidation sites excluding steroid dienone is 5. The molecule has 0 saturated heterocycles. The molecule has 2 nitrogen and oxygen atoms in total. The summed E-state index contributed by atoms with van der Waals surface area (Å²) in [4.78, 5) is 16.8. The van der Waals surface area contributed by atoms with Crippen LogP contribution in [0.25, 0.3) is 0 Å². The van der Waals surface area contributed by atoms with E-state index < -0.39 is 11.7 Å². The Bertz CT molecular complexity index is 1020. The van der Waals surface area contributed by atoms with E-state index >= 15 is 0 Å². The van der Waals surface area contributed by atoms with Crippen molar-refractivity contribution < 1.29 is 25.6 Å². The minimum Gasteiger partial charge on any atom is -0.307 e. The van der Waals surface area contributed by atoms with Crippen molar-refractivity contribution >= 4 is 13.1 Å². The van der Waals surface area contributed by atoms with E-state index in [1.807, 2.05) is 6.79 Å². The molecule has 0 aliphatic heterocycles. The monoisotopic (exact) mass is 460 g/mol. The summed E-state index contributed by atoms with van der Waals surface area (Å²) >= 11 is 0. The molecule has 2 aromatic rings. The second kappa shape index (κ2) is 15.4. The van der Waals surface area contributed by atoms with Gasteiger partial charge < -0.3 is 9.59 Å². The Hall–Kier alpha value is -3.43. The molecule has 5 heteroatoms. The number of aldehydes is 1. The van der Waals surface area contributed by atoms with Crippen LogP contribution in [0.2, 0.25) is 0 Å². The number of alkyl halides is 3. The molecule has 0 radical (unpaired) electrons. The lowest BCUT2D eigenvalue weighted by molar-refractivity contribution is -0.137. The van der Waals surface area contributed by atoms with Gasteiger partial charge in [-0.2, -0.15) is 13.2 Å². The molecule has 0 N–H and O–H groups in total. The molecular weight excluding hydrogens is 425 g/mol. The lowest BCUT2D eigenvalue weighted by atomic mass is 9.97. The summed E-state index contributed by atoms with van der Waals surface area (Å²) in [6.07, 6.45) is 5.05. The minimum absolute atomic E-state index is 0. The highest BCUT2D eigenvalue weighted by atomic mass is 19.4. The van der Waals surface area contributed by atoms with Gasteiger partial charge in [-0.25, -0.2) is 0 Å². The Balaban J connectivity index is -0.000000496. The van der Waals surface area contributed by atoms with Crippen molar-refractivity contribution in [2.24, 2.45) is 0 Å². The molecule has 0 amide bonds. The topological polar surface area (TPSA) is 34.1 Å². The summed E-state index contributed by atoms with van der Waals surface area (Å²) in [7, 11) is 0. The van der Waals surface area contributed by atoms with Gasteiger partial charge in [-0.15, -0.1) is 5.73 Å². The highest BCUT2D eigenvalue weighted by Gasteiger charge is 2.29. The van der Waals surface area contributed by atoms with Crippen molar-refractivity contribution in [1.82, 2.24) is 0 Å². The number of carbonyl (C=O) groups is 2. The Morgan fingerprint density at radius 3 is 2.15 bits per heavy atom. The van der Waals surface area contributed by atoms with Crippen molar-refractivity contribution in [3.05, 3.63) is 112 Å². The Kier molecular flexibility index (Phi) is 13.8. The van der Waals surface area contributed by atoms with Gasteiger partial charge in [-0.1, -0.05) is 66.8 Å². The van der Waals surface area contributed by atoms with E-state index in [0.717, 1.165) is 31.3 Å². The van der Waals surface area contributed by atoms with E-state index in [2.05, 4.69) is 62.6 Å².